The zero-order valence-corrected chi connectivity index (χ0v) is 10.2. The van der Waals surface area contributed by atoms with Gasteiger partial charge in [0.15, 0.2) is 0 Å². The van der Waals surface area contributed by atoms with Crippen molar-refractivity contribution >= 4 is 17.2 Å². The van der Waals surface area contributed by atoms with Gasteiger partial charge in [-0.15, -0.1) is 11.3 Å². The largest absolute Gasteiger partial charge is 0.335 e. The lowest BCUT2D eigenvalue weighted by Gasteiger charge is -2.38. The minimum absolute atomic E-state index is 0.225. The van der Waals surface area contributed by atoms with Crippen molar-refractivity contribution in [1.82, 2.24) is 10.2 Å². The predicted molar refractivity (Wildman–Crippen MR) is 64.5 cm³/mol. The first-order valence-corrected chi connectivity index (χ1v) is 6.73. The van der Waals surface area contributed by atoms with Crippen LogP contribution >= 0.6 is 11.3 Å². The molecule has 2 aliphatic heterocycles. The monoisotopic (exact) mass is 236 g/mol. The van der Waals surface area contributed by atoms with Crippen LogP contribution in [-0.4, -0.2) is 30.4 Å². The summed E-state index contributed by atoms with van der Waals surface area (Å²) in [5, 5.41) is 5.30. The summed E-state index contributed by atoms with van der Waals surface area (Å²) in [5.41, 5.74) is 1.36. The molecular weight excluding hydrogens is 220 g/mol. The number of rotatable bonds is 1. The summed E-state index contributed by atoms with van der Waals surface area (Å²) in [5.74, 6) is 0.561. The van der Waals surface area contributed by atoms with Gasteiger partial charge in [-0.2, -0.15) is 0 Å². The predicted octanol–water partition coefficient (Wildman–Crippen LogP) is 1.41. The molecule has 0 aromatic carbocycles. The Hall–Kier alpha value is -0.870. The van der Waals surface area contributed by atoms with E-state index in [-0.39, 0.29) is 12.0 Å². The Kier molecular flexibility index (Phi) is 2.48. The fraction of sp³-hybridized carbons (Fsp3) is 0.583. The van der Waals surface area contributed by atoms with Crippen LogP contribution in [0.5, 0.6) is 0 Å². The van der Waals surface area contributed by atoms with E-state index in [1.54, 1.807) is 0 Å². The van der Waals surface area contributed by atoms with Crippen molar-refractivity contribution in [2.24, 2.45) is 5.92 Å². The Labute approximate surface area is 99.5 Å². The van der Waals surface area contributed by atoms with Crippen LogP contribution in [0.1, 0.15) is 23.4 Å². The fourth-order valence-electron chi connectivity index (χ4n) is 2.51. The van der Waals surface area contributed by atoms with E-state index in [9.17, 15) is 4.79 Å². The highest BCUT2D eigenvalue weighted by Crippen LogP contribution is 2.33. The maximum Gasteiger partial charge on any atom is 0.228 e. The number of amides is 1. The number of thiophene rings is 1. The maximum atomic E-state index is 12.2. The van der Waals surface area contributed by atoms with Gasteiger partial charge >= 0.3 is 0 Å². The van der Waals surface area contributed by atoms with E-state index in [4.69, 9.17) is 0 Å². The van der Waals surface area contributed by atoms with Gasteiger partial charge in [0, 0.05) is 24.5 Å². The molecule has 0 saturated carbocycles. The highest BCUT2D eigenvalue weighted by molar-refractivity contribution is 7.10. The molecule has 4 heteroatoms. The van der Waals surface area contributed by atoms with Gasteiger partial charge in [-0.1, -0.05) is 0 Å². The van der Waals surface area contributed by atoms with Crippen molar-refractivity contribution < 1.29 is 4.79 Å². The second kappa shape index (κ2) is 3.86. The quantitative estimate of drug-likeness (QED) is 0.799. The summed E-state index contributed by atoms with van der Waals surface area (Å²) in [7, 11) is 0. The van der Waals surface area contributed by atoms with E-state index in [2.05, 4.69) is 28.6 Å². The molecule has 3 heterocycles. The van der Waals surface area contributed by atoms with E-state index in [0.29, 0.717) is 5.91 Å². The molecule has 1 N–H and O–H groups in total. The summed E-state index contributed by atoms with van der Waals surface area (Å²) < 4.78 is 0. The van der Waals surface area contributed by atoms with E-state index in [0.717, 1.165) is 26.1 Å². The molecule has 1 atom stereocenters. The van der Waals surface area contributed by atoms with Crippen molar-refractivity contribution in [1.29, 1.82) is 0 Å². The molecular formula is C12H16N2OS. The molecule has 0 spiro atoms. The Bertz CT molecular complexity index is 411. The zero-order chi connectivity index (χ0) is 11.1. The normalized spacial score (nSPS) is 25.1. The van der Waals surface area contributed by atoms with Gasteiger partial charge in [0.25, 0.3) is 0 Å². The molecule has 3 nitrogen and oxygen atoms in total. The molecule has 0 bridgehead atoms. The van der Waals surface area contributed by atoms with Gasteiger partial charge < -0.3 is 10.2 Å². The van der Waals surface area contributed by atoms with E-state index < -0.39 is 0 Å². The molecule has 1 amide bonds. The van der Waals surface area contributed by atoms with Crippen molar-refractivity contribution in [3.05, 3.63) is 21.9 Å². The molecule has 1 aromatic heterocycles. The molecule has 16 heavy (non-hydrogen) atoms. The number of hydrogen-bond donors (Lipinski definition) is 1. The standard InChI is InChI=1S/C12H16N2OS/c1-8-10-3-5-16-11(10)2-4-14(8)12(15)9-6-13-7-9/h3,5,8-9,13H,2,4,6-7H2,1H3. The Morgan fingerprint density at radius 1 is 1.56 bits per heavy atom. The summed E-state index contributed by atoms with van der Waals surface area (Å²) in [6.07, 6.45) is 1.03. The van der Waals surface area contributed by atoms with Crippen LogP contribution in [0.4, 0.5) is 0 Å². The van der Waals surface area contributed by atoms with Crippen LogP contribution in [0.15, 0.2) is 11.4 Å². The fourth-order valence-corrected chi connectivity index (χ4v) is 3.47. The van der Waals surface area contributed by atoms with Gasteiger partial charge in [-0.05, 0) is 30.4 Å². The highest BCUT2D eigenvalue weighted by Gasteiger charge is 2.34. The van der Waals surface area contributed by atoms with Gasteiger partial charge in [0.05, 0.1) is 12.0 Å². The van der Waals surface area contributed by atoms with E-state index >= 15 is 0 Å². The lowest BCUT2D eigenvalue weighted by atomic mass is 9.96. The van der Waals surface area contributed by atoms with E-state index in [1.807, 2.05) is 11.3 Å². The van der Waals surface area contributed by atoms with Gasteiger partial charge in [0.1, 0.15) is 0 Å². The molecule has 1 unspecified atom stereocenters. The van der Waals surface area contributed by atoms with Crippen LogP contribution in [0.25, 0.3) is 0 Å². The Morgan fingerprint density at radius 2 is 2.38 bits per heavy atom. The first kappa shape index (κ1) is 10.3. The average molecular weight is 236 g/mol. The minimum Gasteiger partial charge on any atom is -0.335 e. The van der Waals surface area contributed by atoms with Crippen LogP contribution in [0.2, 0.25) is 0 Å². The molecule has 3 rings (SSSR count). The SMILES string of the molecule is CC1c2ccsc2CCN1C(=O)C1CNC1. The smallest absolute Gasteiger partial charge is 0.228 e. The Balaban J connectivity index is 1.81. The van der Waals surface area contributed by atoms with Gasteiger partial charge in [0.2, 0.25) is 5.91 Å². The number of carbonyl (C=O) groups is 1. The number of carbonyl (C=O) groups excluding carboxylic acids is 1. The first-order valence-electron chi connectivity index (χ1n) is 5.85. The molecule has 1 saturated heterocycles. The summed E-state index contributed by atoms with van der Waals surface area (Å²) >= 11 is 1.82. The number of fused-ring (bicyclic) bond motifs is 1. The van der Waals surface area contributed by atoms with Crippen molar-refractivity contribution in [3.63, 3.8) is 0 Å². The maximum absolute atomic E-state index is 12.2. The second-order valence-electron chi connectivity index (χ2n) is 4.61. The molecule has 1 aromatic rings. The molecule has 2 aliphatic rings. The van der Waals surface area contributed by atoms with Crippen molar-refractivity contribution in [2.75, 3.05) is 19.6 Å². The summed E-state index contributed by atoms with van der Waals surface area (Å²) in [6, 6.07) is 2.44. The minimum atomic E-state index is 0.225. The van der Waals surface area contributed by atoms with E-state index in [1.165, 1.54) is 10.4 Å². The first-order chi connectivity index (χ1) is 7.77. The topological polar surface area (TPSA) is 32.3 Å². The average Bonchev–Trinajstić information content (AvgIpc) is 2.63. The number of hydrogen-bond acceptors (Lipinski definition) is 3. The Morgan fingerprint density at radius 3 is 3.06 bits per heavy atom. The van der Waals surface area contributed by atoms with Crippen LogP contribution in [0.3, 0.4) is 0 Å². The summed E-state index contributed by atoms with van der Waals surface area (Å²) in [6.45, 7) is 4.76. The molecule has 86 valence electrons. The van der Waals surface area contributed by atoms with Crippen LogP contribution < -0.4 is 5.32 Å². The molecule has 0 radical (unpaired) electrons. The van der Waals surface area contributed by atoms with Gasteiger partial charge in [-0.3, -0.25) is 4.79 Å². The molecule has 0 aliphatic carbocycles. The summed E-state index contributed by atoms with van der Waals surface area (Å²) in [4.78, 5) is 15.7. The second-order valence-corrected chi connectivity index (χ2v) is 5.61. The zero-order valence-electron chi connectivity index (χ0n) is 9.40. The van der Waals surface area contributed by atoms with Crippen molar-refractivity contribution in [3.8, 4) is 0 Å². The highest BCUT2D eigenvalue weighted by atomic mass is 32.1. The van der Waals surface area contributed by atoms with Crippen molar-refractivity contribution in [2.45, 2.75) is 19.4 Å². The lowest BCUT2D eigenvalue weighted by molar-refractivity contribution is -0.139. The third-order valence-corrected chi connectivity index (χ3v) is 4.69. The third-order valence-electron chi connectivity index (χ3n) is 3.69. The van der Waals surface area contributed by atoms with Gasteiger partial charge in [-0.25, -0.2) is 0 Å². The lowest BCUT2D eigenvalue weighted by Crippen LogP contribution is -2.53. The third kappa shape index (κ3) is 1.48. The van der Waals surface area contributed by atoms with Crippen LogP contribution in [-0.2, 0) is 11.2 Å². The number of nitrogens with one attached hydrogen (secondary N) is 1. The molecule has 1 fully saturated rings. The van der Waals surface area contributed by atoms with Crippen LogP contribution in [0, 0.1) is 5.92 Å². The number of nitrogens with zero attached hydrogens (tertiary/aromatic N) is 1.